The molecule has 0 unspecified atom stereocenters. The van der Waals surface area contributed by atoms with Crippen molar-refractivity contribution in [3.05, 3.63) is 80.6 Å². The molecule has 3 aromatic rings. The highest BCUT2D eigenvalue weighted by Gasteiger charge is 2.16. The van der Waals surface area contributed by atoms with Crippen molar-refractivity contribution >= 4 is 28.1 Å². The fourth-order valence-electron chi connectivity index (χ4n) is 3.19. The molecule has 150 valence electrons. The Morgan fingerprint density at radius 3 is 2.34 bits per heavy atom. The molecule has 1 aromatic heterocycles. The molecule has 0 bridgehead atoms. The number of carbonyl (C=O) groups is 1. The number of ether oxygens (including phenoxy) is 1. The summed E-state index contributed by atoms with van der Waals surface area (Å²) in [4.78, 5) is 12.3. The maximum atomic E-state index is 12.3. The molecule has 0 saturated heterocycles. The molecule has 0 aliphatic carbocycles. The molecule has 3 rings (SSSR count). The molecule has 6 heteroatoms. The maximum Gasteiger partial charge on any atom is 0.271 e. The summed E-state index contributed by atoms with van der Waals surface area (Å²) < 4.78 is 8.25. The SMILES string of the molecule is COc1ccc(C(=O)N/N=C\c2c(Br)c(C)n(-c3ccc(C)c(C)c3)c2C)cc1. The van der Waals surface area contributed by atoms with Crippen LogP contribution in [0.4, 0.5) is 0 Å². The lowest BCUT2D eigenvalue weighted by atomic mass is 10.1. The van der Waals surface area contributed by atoms with Crippen molar-refractivity contribution in [1.82, 2.24) is 9.99 Å². The van der Waals surface area contributed by atoms with Crippen LogP contribution in [0.15, 0.2) is 52.0 Å². The van der Waals surface area contributed by atoms with Gasteiger partial charge in [-0.25, -0.2) is 5.43 Å². The fraction of sp³-hybridized carbons (Fsp3) is 0.217. The number of rotatable bonds is 5. The highest BCUT2D eigenvalue weighted by Crippen LogP contribution is 2.30. The van der Waals surface area contributed by atoms with Crippen molar-refractivity contribution < 1.29 is 9.53 Å². The molecule has 0 saturated carbocycles. The lowest BCUT2D eigenvalue weighted by Gasteiger charge is -2.11. The third-order valence-corrected chi connectivity index (χ3v) is 6.08. The van der Waals surface area contributed by atoms with Crippen molar-refractivity contribution in [1.29, 1.82) is 0 Å². The molecule has 2 aromatic carbocycles. The molecule has 1 amide bonds. The number of hydrogen-bond donors (Lipinski definition) is 1. The van der Waals surface area contributed by atoms with E-state index >= 15 is 0 Å². The van der Waals surface area contributed by atoms with Crippen LogP contribution < -0.4 is 10.2 Å². The Balaban J connectivity index is 1.83. The number of aromatic nitrogens is 1. The Morgan fingerprint density at radius 2 is 1.72 bits per heavy atom. The lowest BCUT2D eigenvalue weighted by Crippen LogP contribution is -2.17. The van der Waals surface area contributed by atoms with E-state index in [1.54, 1.807) is 37.6 Å². The summed E-state index contributed by atoms with van der Waals surface area (Å²) in [5, 5.41) is 4.16. The molecular weight excluding hydrogens is 430 g/mol. The smallest absolute Gasteiger partial charge is 0.271 e. The molecule has 1 N–H and O–H groups in total. The van der Waals surface area contributed by atoms with Crippen molar-refractivity contribution in [3.8, 4) is 11.4 Å². The van der Waals surface area contributed by atoms with Crippen LogP contribution in [0.1, 0.15) is 38.4 Å². The van der Waals surface area contributed by atoms with Crippen molar-refractivity contribution in [3.63, 3.8) is 0 Å². The average molecular weight is 454 g/mol. The van der Waals surface area contributed by atoms with Gasteiger partial charge in [-0.3, -0.25) is 4.79 Å². The van der Waals surface area contributed by atoms with Gasteiger partial charge in [0.1, 0.15) is 5.75 Å². The van der Waals surface area contributed by atoms with E-state index in [1.165, 1.54) is 11.1 Å². The van der Waals surface area contributed by atoms with E-state index in [-0.39, 0.29) is 5.91 Å². The summed E-state index contributed by atoms with van der Waals surface area (Å²) >= 11 is 3.67. The van der Waals surface area contributed by atoms with E-state index in [0.717, 1.165) is 27.1 Å². The van der Waals surface area contributed by atoms with Gasteiger partial charge in [-0.15, -0.1) is 0 Å². The number of methoxy groups -OCH3 is 1. The van der Waals surface area contributed by atoms with Crippen molar-refractivity contribution in [2.75, 3.05) is 7.11 Å². The maximum absolute atomic E-state index is 12.3. The quantitative estimate of drug-likeness (QED) is 0.423. The molecule has 0 fully saturated rings. The number of halogens is 1. The fourth-order valence-corrected chi connectivity index (χ4v) is 3.75. The largest absolute Gasteiger partial charge is 0.497 e. The van der Waals surface area contributed by atoms with Gasteiger partial charge in [-0.05, 0) is 91.1 Å². The molecule has 1 heterocycles. The number of aryl methyl sites for hydroxylation is 2. The highest BCUT2D eigenvalue weighted by atomic mass is 79.9. The molecule has 0 radical (unpaired) electrons. The second-order valence-corrected chi connectivity index (χ2v) is 7.72. The molecular formula is C23H24BrN3O2. The average Bonchev–Trinajstić information content (AvgIpc) is 2.93. The zero-order chi connectivity index (χ0) is 21.1. The first kappa shape index (κ1) is 20.9. The lowest BCUT2D eigenvalue weighted by molar-refractivity contribution is 0.0955. The summed E-state index contributed by atoms with van der Waals surface area (Å²) in [5.74, 6) is 0.427. The van der Waals surface area contributed by atoms with Gasteiger partial charge in [-0.2, -0.15) is 5.10 Å². The van der Waals surface area contributed by atoms with E-state index in [2.05, 4.69) is 70.0 Å². The van der Waals surface area contributed by atoms with E-state index < -0.39 is 0 Å². The predicted octanol–water partition coefficient (Wildman–Crippen LogP) is 5.25. The van der Waals surface area contributed by atoms with Crippen LogP contribution in [0.25, 0.3) is 5.69 Å². The van der Waals surface area contributed by atoms with Crippen LogP contribution in [0, 0.1) is 27.7 Å². The highest BCUT2D eigenvalue weighted by molar-refractivity contribution is 9.10. The number of hydrazone groups is 1. The number of nitrogens with zero attached hydrogens (tertiary/aromatic N) is 2. The van der Waals surface area contributed by atoms with Gasteiger partial charge in [0.25, 0.3) is 5.91 Å². The Bertz CT molecular complexity index is 1080. The number of amides is 1. The van der Waals surface area contributed by atoms with Gasteiger partial charge in [-0.1, -0.05) is 6.07 Å². The number of carbonyl (C=O) groups excluding carboxylic acids is 1. The normalized spacial score (nSPS) is 11.1. The monoisotopic (exact) mass is 453 g/mol. The second kappa shape index (κ2) is 8.66. The minimum atomic E-state index is -0.275. The third-order valence-electron chi connectivity index (χ3n) is 5.08. The zero-order valence-electron chi connectivity index (χ0n) is 17.2. The predicted molar refractivity (Wildman–Crippen MR) is 120 cm³/mol. The van der Waals surface area contributed by atoms with Crippen LogP contribution in [-0.4, -0.2) is 23.8 Å². The topological polar surface area (TPSA) is 55.6 Å². The Kier molecular flexibility index (Phi) is 6.23. The van der Waals surface area contributed by atoms with Crippen molar-refractivity contribution in [2.45, 2.75) is 27.7 Å². The Labute approximate surface area is 179 Å². The zero-order valence-corrected chi connectivity index (χ0v) is 18.8. The first-order valence-electron chi connectivity index (χ1n) is 9.26. The van der Waals surface area contributed by atoms with Crippen LogP contribution >= 0.6 is 15.9 Å². The minimum absolute atomic E-state index is 0.275. The Morgan fingerprint density at radius 1 is 1.03 bits per heavy atom. The van der Waals surface area contributed by atoms with Crippen LogP contribution in [0.2, 0.25) is 0 Å². The van der Waals surface area contributed by atoms with Gasteiger partial charge >= 0.3 is 0 Å². The van der Waals surface area contributed by atoms with Gasteiger partial charge in [0, 0.05) is 32.7 Å². The van der Waals surface area contributed by atoms with E-state index in [4.69, 9.17) is 4.74 Å². The molecule has 0 aliphatic rings. The second-order valence-electron chi connectivity index (χ2n) is 6.93. The van der Waals surface area contributed by atoms with Crippen LogP contribution in [0.5, 0.6) is 5.75 Å². The standard InChI is InChI=1S/C23H24BrN3O2/c1-14-6-9-19(12-15(14)2)27-16(3)21(22(24)17(27)4)13-25-26-23(28)18-7-10-20(29-5)11-8-18/h6-13H,1-5H3,(H,26,28)/b25-13-. The summed E-state index contributed by atoms with van der Waals surface area (Å²) in [6, 6.07) is 13.3. The van der Waals surface area contributed by atoms with Crippen LogP contribution in [0.3, 0.4) is 0 Å². The Hall–Kier alpha value is -2.86. The van der Waals surface area contributed by atoms with Gasteiger partial charge in [0.05, 0.1) is 13.3 Å². The first-order chi connectivity index (χ1) is 13.8. The number of hydrogen-bond acceptors (Lipinski definition) is 3. The summed E-state index contributed by atoms with van der Waals surface area (Å²) in [6.45, 7) is 8.31. The third kappa shape index (κ3) is 4.27. The van der Waals surface area contributed by atoms with E-state index in [9.17, 15) is 4.79 Å². The molecule has 0 spiro atoms. The summed E-state index contributed by atoms with van der Waals surface area (Å²) in [6.07, 6.45) is 1.67. The molecule has 0 atom stereocenters. The van der Waals surface area contributed by atoms with E-state index in [0.29, 0.717) is 11.3 Å². The number of benzene rings is 2. The van der Waals surface area contributed by atoms with Gasteiger partial charge < -0.3 is 9.30 Å². The summed E-state index contributed by atoms with van der Waals surface area (Å²) in [7, 11) is 1.59. The minimum Gasteiger partial charge on any atom is -0.497 e. The molecule has 29 heavy (non-hydrogen) atoms. The van der Waals surface area contributed by atoms with E-state index in [1.807, 2.05) is 6.92 Å². The van der Waals surface area contributed by atoms with Crippen LogP contribution in [-0.2, 0) is 0 Å². The van der Waals surface area contributed by atoms with Crippen molar-refractivity contribution in [2.24, 2.45) is 5.10 Å². The van der Waals surface area contributed by atoms with Gasteiger partial charge in [0.2, 0.25) is 0 Å². The van der Waals surface area contributed by atoms with Gasteiger partial charge in [0.15, 0.2) is 0 Å². The molecule has 5 nitrogen and oxygen atoms in total. The summed E-state index contributed by atoms with van der Waals surface area (Å²) in [5.41, 5.74) is 9.75. The molecule has 0 aliphatic heterocycles. The first-order valence-corrected chi connectivity index (χ1v) is 10.0. The number of nitrogens with one attached hydrogen (secondary N) is 1.